The Morgan fingerprint density at radius 3 is 2.67 bits per heavy atom. The molecule has 1 fully saturated rings. The van der Waals surface area contributed by atoms with Gasteiger partial charge in [-0.25, -0.2) is 0 Å². The van der Waals surface area contributed by atoms with Crippen molar-refractivity contribution in [1.82, 2.24) is 9.88 Å². The number of fused-ring (bicyclic) bond motifs is 1. The van der Waals surface area contributed by atoms with Gasteiger partial charge in [-0.15, -0.1) is 0 Å². The van der Waals surface area contributed by atoms with Gasteiger partial charge in [-0.05, 0) is 17.7 Å². The summed E-state index contributed by atoms with van der Waals surface area (Å²) in [6, 6.07) is 14.4. The van der Waals surface area contributed by atoms with E-state index in [-0.39, 0.29) is 17.2 Å². The molecule has 2 aliphatic rings. The van der Waals surface area contributed by atoms with E-state index in [1.54, 1.807) is 0 Å². The monoisotopic (exact) mass is 321 g/mol. The molecule has 24 heavy (non-hydrogen) atoms. The molecule has 4 nitrogen and oxygen atoms in total. The minimum Gasteiger partial charge on any atom is -0.309 e. The molecule has 0 N–H and O–H groups in total. The van der Waals surface area contributed by atoms with Crippen LogP contribution in [0.15, 0.2) is 48.7 Å². The summed E-state index contributed by atoms with van der Waals surface area (Å²) < 4.78 is 0. The predicted octanol–water partition coefficient (Wildman–Crippen LogP) is 2.84. The van der Waals surface area contributed by atoms with Gasteiger partial charge in [0.2, 0.25) is 5.91 Å². The fourth-order valence-corrected chi connectivity index (χ4v) is 3.81. The van der Waals surface area contributed by atoms with Gasteiger partial charge in [0.15, 0.2) is 0 Å². The standard InChI is InChI=1S/C20H23N3O/c1-20(2)14-23(17-9-6-10-21-18(17)20)19(24)16-12-22(13-16)11-15-7-4-3-5-8-15/h3-10,16H,11-14H2,1-2H3. The summed E-state index contributed by atoms with van der Waals surface area (Å²) in [5.41, 5.74) is 3.27. The molecule has 0 unspecified atom stereocenters. The van der Waals surface area contributed by atoms with E-state index in [4.69, 9.17) is 0 Å². The second kappa shape index (κ2) is 5.71. The van der Waals surface area contributed by atoms with Crippen LogP contribution in [0.5, 0.6) is 0 Å². The first-order chi connectivity index (χ1) is 11.5. The molecule has 1 saturated heterocycles. The second-order valence-corrected chi connectivity index (χ2v) is 7.56. The van der Waals surface area contributed by atoms with Crippen LogP contribution in [0.3, 0.4) is 0 Å². The lowest BCUT2D eigenvalue weighted by Gasteiger charge is -2.40. The van der Waals surface area contributed by atoms with Gasteiger partial charge >= 0.3 is 0 Å². The van der Waals surface area contributed by atoms with Crippen LogP contribution in [0.25, 0.3) is 0 Å². The molecule has 3 heterocycles. The van der Waals surface area contributed by atoms with Crippen molar-refractivity contribution in [2.45, 2.75) is 25.8 Å². The highest BCUT2D eigenvalue weighted by molar-refractivity contribution is 5.98. The smallest absolute Gasteiger partial charge is 0.232 e. The van der Waals surface area contributed by atoms with Crippen molar-refractivity contribution in [3.63, 3.8) is 0 Å². The van der Waals surface area contributed by atoms with E-state index in [0.717, 1.165) is 37.6 Å². The normalized spacial score (nSPS) is 19.8. The van der Waals surface area contributed by atoms with Gasteiger partial charge < -0.3 is 4.90 Å². The van der Waals surface area contributed by atoms with Crippen LogP contribution < -0.4 is 4.90 Å². The highest BCUT2D eigenvalue weighted by Crippen LogP contribution is 2.40. The van der Waals surface area contributed by atoms with E-state index in [1.165, 1.54) is 5.56 Å². The number of rotatable bonds is 3. The summed E-state index contributed by atoms with van der Waals surface area (Å²) in [7, 11) is 0. The Morgan fingerprint density at radius 2 is 1.92 bits per heavy atom. The number of hydrogen-bond donors (Lipinski definition) is 0. The number of aromatic nitrogens is 1. The zero-order valence-corrected chi connectivity index (χ0v) is 14.3. The number of nitrogens with zero attached hydrogens (tertiary/aromatic N) is 3. The highest BCUT2D eigenvalue weighted by atomic mass is 16.2. The predicted molar refractivity (Wildman–Crippen MR) is 94.8 cm³/mol. The van der Waals surface area contributed by atoms with Gasteiger partial charge in [-0.2, -0.15) is 0 Å². The van der Waals surface area contributed by atoms with Crippen LogP contribution in [-0.2, 0) is 16.8 Å². The van der Waals surface area contributed by atoms with Crippen molar-refractivity contribution in [3.05, 3.63) is 59.9 Å². The number of carbonyl (C=O) groups excluding carboxylic acids is 1. The van der Waals surface area contributed by atoms with Gasteiger partial charge in [0.1, 0.15) is 0 Å². The first-order valence-corrected chi connectivity index (χ1v) is 8.58. The van der Waals surface area contributed by atoms with Crippen molar-refractivity contribution < 1.29 is 4.79 Å². The molecule has 0 bridgehead atoms. The van der Waals surface area contributed by atoms with Crippen molar-refractivity contribution in [2.75, 3.05) is 24.5 Å². The Morgan fingerprint density at radius 1 is 1.17 bits per heavy atom. The Hall–Kier alpha value is -2.20. The van der Waals surface area contributed by atoms with E-state index in [0.29, 0.717) is 0 Å². The minimum absolute atomic E-state index is 0.0697. The third kappa shape index (κ3) is 2.61. The third-order valence-electron chi connectivity index (χ3n) is 5.09. The Kier molecular flexibility index (Phi) is 3.65. The quantitative estimate of drug-likeness (QED) is 0.872. The molecule has 1 amide bonds. The number of amides is 1. The summed E-state index contributed by atoms with van der Waals surface area (Å²) in [6.45, 7) is 7.67. The Labute approximate surface area is 143 Å². The van der Waals surface area contributed by atoms with Gasteiger partial charge in [-0.3, -0.25) is 14.7 Å². The van der Waals surface area contributed by atoms with Crippen LogP contribution in [0.4, 0.5) is 5.69 Å². The summed E-state index contributed by atoms with van der Waals surface area (Å²) in [5.74, 6) is 0.356. The summed E-state index contributed by atoms with van der Waals surface area (Å²) in [4.78, 5) is 21.7. The van der Waals surface area contributed by atoms with Crippen molar-refractivity contribution in [3.8, 4) is 0 Å². The first-order valence-electron chi connectivity index (χ1n) is 8.58. The van der Waals surface area contributed by atoms with Crippen LogP contribution in [0, 0.1) is 5.92 Å². The molecule has 4 heteroatoms. The van der Waals surface area contributed by atoms with Crippen LogP contribution in [0.2, 0.25) is 0 Å². The van der Waals surface area contributed by atoms with Gasteiger partial charge in [0.05, 0.1) is 17.3 Å². The molecule has 0 aliphatic carbocycles. The maximum absolute atomic E-state index is 12.9. The van der Waals surface area contributed by atoms with E-state index in [1.807, 2.05) is 29.3 Å². The highest BCUT2D eigenvalue weighted by Gasteiger charge is 2.43. The molecule has 0 spiro atoms. The molecule has 0 saturated carbocycles. The third-order valence-corrected chi connectivity index (χ3v) is 5.09. The average molecular weight is 321 g/mol. The van der Waals surface area contributed by atoms with Crippen LogP contribution in [0.1, 0.15) is 25.1 Å². The molecule has 2 aromatic rings. The molecule has 1 aromatic carbocycles. The molecule has 4 rings (SSSR count). The number of benzene rings is 1. The molecular formula is C20H23N3O. The van der Waals surface area contributed by atoms with Crippen LogP contribution in [-0.4, -0.2) is 35.4 Å². The zero-order valence-electron chi connectivity index (χ0n) is 14.3. The number of anilines is 1. The minimum atomic E-state index is -0.0697. The fourth-order valence-electron chi connectivity index (χ4n) is 3.81. The van der Waals surface area contributed by atoms with Gasteiger partial charge in [0.25, 0.3) is 0 Å². The molecule has 1 aromatic heterocycles. The van der Waals surface area contributed by atoms with Crippen LogP contribution >= 0.6 is 0 Å². The average Bonchev–Trinajstić information content (AvgIpc) is 2.83. The molecule has 0 radical (unpaired) electrons. The van der Waals surface area contributed by atoms with E-state index in [2.05, 4.69) is 48.0 Å². The second-order valence-electron chi connectivity index (χ2n) is 7.56. The first kappa shape index (κ1) is 15.3. The maximum Gasteiger partial charge on any atom is 0.232 e. The lowest BCUT2D eigenvalue weighted by Crippen LogP contribution is -2.54. The molecule has 0 atom stereocenters. The molecule has 124 valence electrons. The lowest BCUT2D eigenvalue weighted by molar-refractivity contribution is -0.127. The van der Waals surface area contributed by atoms with E-state index >= 15 is 0 Å². The molecule has 2 aliphatic heterocycles. The maximum atomic E-state index is 12.9. The summed E-state index contributed by atoms with van der Waals surface area (Å²) in [6.07, 6.45) is 1.82. The lowest BCUT2D eigenvalue weighted by atomic mass is 9.91. The summed E-state index contributed by atoms with van der Waals surface area (Å²) in [5, 5.41) is 0. The van der Waals surface area contributed by atoms with E-state index in [9.17, 15) is 4.79 Å². The fraction of sp³-hybridized carbons (Fsp3) is 0.400. The number of hydrogen-bond acceptors (Lipinski definition) is 3. The molecular weight excluding hydrogens is 298 g/mol. The largest absolute Gasteiger partial charge is 0.309 e. The number of carbonyl (C=O) groups is 1. The summed E-state index contributed by atoms with van der Waals surface area (Å²) >= 11 is 0. The number of likely N-dealkylation sites (tertiary alicyclic amines) is 1. The van der Waals surface area contributed by atoms with Gasteiger partial charge in [-0.1, -0.05) is 44.2 Å². The zero-order chi connectivity index (χ0) is 16.7. The van der Waals surface area contributed by atoms with Crippen molar-refractivity contribution >= 4 is 11.6 Å². The van der Waals surface area contributed by atoms with Crippen molar-refractivity contribution in [1.29, 1.82) is 0 Å². The Balaban J connectivity index is 1.42. The SMILES string of the molecule is CC1(C)CN(C(=O)C2CN(Cc3ccccc3)C2)c2cccnc21. The van der Waals surface area contributed by atoms with E-state index < -0.39 is 0 Å². The van der Waals surface area contributed by atoms with Crippen molar-refractivity contribution in [2.24, 2.45) is 5.92 Å². The number of pyridine rings is 1. The van der Waals surface area contributed by atoms with Gasteiger partial charge in [0, 0.05) is 37.8 Å². The topological polar surface area (TPSA) is 36.4 Å². The Bertz CT molecular complexity index is 750.